The van der Waals surface area contributed by atoms with Gasteiger partial charge < -0.3 is 9.64 Å². The van der Waals surface area contributed by atoms with Crippen LogP contribution in [0.1, 0.15) is 32.1 Å². The fourth-order valence-electron chi connectivity index (χ4n) is 4.19. The average Bonchev–Trinajstić information content (AvgIpc) is 3.10. The first-order chi connectivity index (χ1) is 9.75. The van der Waals surface area contributed by atoms with Gasteiger partial charge in [-0.05, 0) is 38.6 Å². The van der Waals surface area contributed by atoms with Crippen molar-refractivity contribution in [3.8, 4) is 0 Å². The van der Waals surface area contributed by atoms with Crippen LogP contribution >= 0.6 is 0 Å². The summed E-state index contributed by atoms with van der Waals surface area (Å²) in [6, 6.07) is 0. The molecule has 112 valence electrons. The summed E-state index contributed by atoms with van der Waals surface area (Å²) in [5.74, 6) is 0.437. The van der Waals surface area contributed by atoms with E-state index in [4.69, 9.17) is 4.74 Å². The molecule has 3 fully saturated rings. The number of nitrogens with zero attached hydrogens (tertiary/aromatic N) is 2. The zero-order valence-corrected chi connectivity index (χ0v) is 12.4. The van der Waals surface area contributed by atoms with Crippen LogP contribution in [0, 0.1) is 5.92 Å². The molecular weight excluding hydrogens is 252 g/mol. The fourth-order valence-corrected chi connectivity index (χ4v) is 4.19. The SMILES string of the molecule is C=CCN1CCCC12CCCN(C(=O)C1CCOC1)C2. The van der Waals surface area contributed by atoms with Crippen molar-refractivity contribution in [3.05, 3.63) is 12.7 Å². The molecule has 1 amide bonds. The Bertz CT molecular complexity index is 379. The summed E-state index contributed by atoms with van der Waals surface area (Å²) in [4.78, 5) is 17.3. The van der Waals surface area contributed by atoms with Gasteiger partial charge in [0.15, 0.2) is 0 Å². The number of hydrogen-bond donors (Lipinski definition) is 0. The van der Waals surface area contributed by atoms with Gasteiger partial charge in [-0.1, -0.05) is 6.08 Å². The fraction of sp³-hybridized carbons (Fsp3) is 0.812. The van der Waals surface area contributed by atoms with Crippen LogP contribution < -0.4 is 0 Å². The van der Waals surface area contributed by atoms with Crippen molar-refractivity contribution in [2.75, 3.05) is 39.4 Å². The highest BCUT2D eigenvalue weighted by Gasteiger charge is 2.45. The van der Waals surface area contributed by atoms with Gasteiger partial charge in [-0.25, -0.2) is 0 Å². The number of amides is 1. The second-order valence-electron chi connectivity index (χ2n) is 6.49. The Morgan fingerprint density at radius 1 is 1.35 bits per heavy atom. The van der Waals surface area contributed by atoms with Gasteiger partial charge in [0.25, 0.3) is 0 Å². The molecule has 0 aromatic carbocycles. The molecule has 4 nitrogen and oxygen atoms in total. The van der Waals surface area contributed by atoms with Crippen molar-refractivity contribution in [2.45, 2.75) is 37.6 Å². The number of rotatable bonds is 3. The van der Waals surface area contributed by atoms with Crippen molar-refractivity contribution in [3.63, 3.8) is 0 Å². The van der Waals surface area contributed by atoms with Crippen LogP contribution in [0.15, 0.2) is 12.7 Å². The van der Waals surface area contributed by atoms with E-state index >= 15 is 0 Å². The summed E-state index contributed by atoms with van der Waals surface area (Å²) in [7, 11) is 0. The predicted octanol–water partition coefficient (Wildman–Crippen LogP) is 1.67. The van der Waals surface area contributed by atoms with Crippen LogP contribution in [-0.4, -0.2) is 60.6 Å². The van der Waals surface area contributed by atoms with Gasteiger partial charge in [0.2, 0.25) is 5.91 Å². The summed E-state index contributed by atoms with van der Waals surface area (Å²) in [6.07, 6.45) is 7.74. The molecule has 4 heteroatoms. The topological polar surface area (TPSA) is 32.8 Å². The molecule has 0 saturated carbocycles. The van der Waals surface area contributed by atoms with Gasteiger partial charge in [0.05, 0.1) is 12.5 Å². The van der Waals surface area contributed by atoms with E-state index in [0.717, 1.165) is 45.6 Å². The highest BCUT2D eigenvalue weighted by atomic mass is 16.5. The molecule has 0 N–H and O–H groups in total. The number of carbonyl (C=O) groups is 1. The molecule has 3 aliphatic rings. The second-order valence-corrected chi connectivity index (χ2v) is 6.49. The van der Waals surface area contributed by atoms with Crippen LogP contribution in [0.3, 0.4) is 0 Å². The Morgan fingerprint density at radius 2 is 2.15 bits per heavy atom. The van der Waals surface area contributed by atoms with Crippen molar-refractivity contribution >= 4 is 5.91 Å². The third kappa shape index (κ3) is 2.51. The van der Waals surface area contributed by atoms with E-state index in [0.29, 0.717) is 12.5 Å². The van der Waals surface area contributed by atoms with Crippen LogP contribution in [-0.2, 0) is 9.53 Å². The molecule has 3 saturated heterocycles. The van der Waals surface area contributed by atoms with E-state index < -0.39 is 0 Å². The first kappa shape index (κ1) is 14.1. The molecule has 2 unspecified atom stereocenters. The van der Waals surface area contributed by atoms with E-state index in [2.05, 4.69) is 16.4 Å². The van der Waals surface area contributed by atoms with E-state index in [1.807, 2.05) is 6.08 Å². The Morgan fingerprint density at radius 3 is 2.85 bits per heavy atom. The maximum Gasteiger partial charge on any atom is 0.228 e. The predicted molar refractivity (Wildman–Crippen MR) is 78.5 cm³/mol. The summed E-state index contributed by atoms with van der Waals surface area (Å²) in [5, 5.41) is 0. The lowest BCUT2D eigenvalue weighted by atomic mass is 9.85. The number of carbonyl (C=O) groups excluding carboxylic acids is 1. The molecule has 0 radical (unpaired) electrons. The molecule has 1 spiro atoms. The third-order valence-electron chi connectivity index (χ3n) is 5.24. The molecule has 2 atom stereocenters. The Labute approximate surface area is 121 Å². The maximum absolute atomic E-state index is 12.6. The lowest BCUT2D eigenvalue weighted by Gasteiger charge is -2.46. The average molecular weight is 278 g/mol. The lowest BCUT2D eigenvalue weighted by molar-refractivity contribution is -0.139. The standard InChI is InChI=1S/C16H26N2O2/c1-2-8-18-10-4-7-16(18)6-3-9-17(13-16)15(19)14-5-11-20-12-14/h2,14H,1,3-13H2. The van der Waals surface area contributed by atoms with Gasteiger partial charge in [-0.2, -0.15) is 0 Å². The highest BCUT2D eigenvalue weighted by Crippen LogP contribution is 2.37. The van der Waals surface area contributed by atoms with Crippen LogP contribution in [0.25, 0.3) is 0 Å². The Hall–Kier alpha value is -0.870. The van der Waals surface area contributed by atoms with Gasteiger partial charge in [-0.3, -0.25) is 9.69 Å². The summed E-state index contributed by atoms with van der Waals surface area (Å²) < 4.78 is 5.37. The number of hydrogen-bond acceptors (Lipinski definition) is 3. The first-order valence-corrected chi connectivity index (χ1v) is 7.98. The summed E-state index contributed by atoms with van der Waals surface area (Å²) >= 11 is 0. The molecule has 20 heavy (non-hydrogen) atoms. The van der Waals surface area contributed by atoms with Crippen LogP contribution in [0.2, 0.25) is 0 Å². The largest absolute Gasteiger partial charge is 0.381 e. The smallest absolute Gasteiger partial charge is 0.228 e. The zero-order chi connectivity index (χ0) is 14.0. The van der Waals surface area contributed by atoms with Crippen molar-refractivity contribution in [1.82, 2.24) is 9.80 Å². The van der Waals surface area contributed by atoms with Crippen molar-refractivity contribution < 1.29 is 9.53 Å². The quantitative estimate of drug-likeness (QED) is 0.736. The van der Waals surface area contributed by atoms with Gasteiger partial charge in [0.1, 0.15) is 0 Å². The monoisotopic (exact) mass is 278 g/mol. The molecule has 0 aromatic rings. The third-order valence-corrected chi connectivity index (χ3v) is 5.24. The minimum atomic E-state index is 0.111. The zero-order valence-electron chi connectivity index (χ0n) is 12.4. The Kier molecular flexibility index (Phi) is 4.13. The second kappa shape index (κ2) is 5.86. The highest BCUT2D eigenvalue weighted by molar-refractivity contribution is 5.79. The van der Waals surface area contributed by atoms with Crippen molar-refractivity contribution in [2.24, 2.45) is 5.92 Å². The van der Waals surface area contributed by atoms with E-state index in [-0.39, 0.29) is 11.5 Å². The number of likely N-dealkylation sites (tertiary alicyclic amines) is 2. The van der Waals surface area contributed by atoms with Crippen LogP contribution in [0.4, 0.5) is 0 Å². The summed E-state index contributed by atoms with van der Waals surface area (Å²) in [5.41, 5.74) is 0.224. The van der Waals surface area contributed by atoms with Gasteiger partial charge in [0, 0.05) is 31.8 Å². The molecule has 3 rings (SSSR count). The molecule has 0 aromatic heterocycles. The Balaban J connectivity index is 1.69. The van der Waals surface area contributed by atoms with E-state index in [1.54, 1.807) is 0 Å². The minimum absolute atomic E-state index is 0.111. The van der Waals surface area contributed by atoms with Crippen LogP contribution in [0.5, 0.6) is 0 Å². The normalized spacial score (nSPS) is 34.8. The molecule has 0 aliphatic carbocycles. The van der Waals surface area contributed by atoms with E-state index in [9.17, 15) is 4.79 Å². The number of piperidine rings is 1. The minimum Gasteiger partial charge on any atom is -0.381 e. The molecule has 3 aliphatic heterocycles. The number of ether oxygens (including phenoxy) is 1. The van der Waals surface area contributed by atoms with Gasteiger partial charge in [-0.15, -0.1) is 6.58 Å². The van der Waals surface area contributed by atoms with Crippen molar-refractivity contribution in [1.29, 1.82) is 0 Å². The maximum atomic E-state index is 12.6. The lowest BCUT2D eigenvalue weighted by Crippen LogP contribution is -2.57. The first-order valence-electron chi connectivity index (χ1n) is 7.98. The molecule has 0 bridgehead atoms. The van der Waals surface area contributed by atoms with E-state index in [1.165, 1.54) is 19.3 Å². The summed E-state index contributed by atoms with van der Waals surface area (Å²) in [6.45, 7) is 9.20. The van der Waals surface area contributed by atoms with Gasteiger partial charge >= 0.3 is 0 Å². The molecule has 3 heterocycles. The molecular formula is C16H26N2O2.